The molecular formula is C7H9ClN4. The van der Waals surface area contributed by atoms with Crippen molar-refractivity contribution in [1.82, 2.24) is 9.97 Å². The van der Waals surface area contributed by atoms with Crippen LogP contribution in [-0.2, 0) is 0 Å². The van der Waals surface area contributed by atoms with Crippen LogP contribution in [0.4, 0.5) is 11.6 Å². The van der Waals surface area contributed by atoms with Gasteiger partial charge in [-0.1, -0.05) is 18.2 Å². The second-order valence-corrected chi connectivity index (χ2v) is 2.77. The van der Waals surface area contributed by atoms with Crippen LogP contribution < -0.4 is 11.5 Å². The van der Waals surface area contributed by atoms with Gasteiger partial charge in [-0.2, -0.15) is 0 Å². The highest BCUT2D eigenvalue weighted by molar-refractivity contribution is 6.31. The lowest BCUT2D eigenvalue weighted by Crippen LogP contribution is -2.03. The van der Waals surface area contributed by atoms with Crippen molar-refractivity contribution in [2.75, 3.05) is 11.5 Å². The number of nitrogens with zero attached hydrogens (tertiary/aromatic N) is 2. The fourth-order valence-corrected chi connectivity index (χ4v) is 0.882. The van der Waals surface area contributed by atoms with Crippen molar-refractivity contribution < 1.29 is 0 Å². The van der Waals surface area contributed by atoms with Crippen LogP contribution in [0.5, 0.6) is 0 Å². The molecular weight excluding hydrogens is 176 g/mol. The van der Waals surface area contributed by atoms with Crippen LogP contribution in [0.25, 0.3) is 5.57 Å². The summed E-state index contributed by atoms with van der Waals surface area (Å²) in [6.07, 6.45) is 0. The zero-order valence-electron chi connectivity index (χ0n) is 6.63. The summed E-state index contributed by atoms with van der Waals surface area (Å²) >= 11 is 5.63. The molecule has 4 N–H and O–H groups in total. The van der Waals surface area contributed by atoms with Gasteiger partial charge >= 0.3 is 0 Å². The fourth-order valence-electron chi connectivity index (χ4n) is 0.756. The third-order valence-electron chi connectivity index (χ3n) is 1.31. The van der Waals surface area contributed by atoms with E-state index in [-0.39, 0.29) is 16.8 Å². The summed E-state index contributed by atoms with van der Waals surface area (Å²) in [6.45, 7) is 5.45. The van der Waals surface area contributed by atoms with Gasteiger partial charge in [0.1, 0.15) is 5.69 Å². The molecule has 0 fully saturated rings. The van der Waals surface area contributed by atoms with Crippen molar-refractivity contribution in [1.29, 1.82) is 0 Å². The quantitative estimate of drug-likeness (QED) is 0.690. The molecule has 64 valence electrons. The van der Waals surface area contributed by atoms with Gasteiger partial charge in [-0.15, -0.1) is 0 Å². The van der Waals surface area contributed by atoms with E-state index >= 15 is 0 Å². The molecule has 5 heteroatoms. The SMILES string of the molecule is C=C(C)c1nc(Cl)c(N)nc1N. The number of anilines is 2. The monoisotopic (exact) mass is 184 g/mol. The van der Waals surface area contributed by atoms with E-state index in [4.69, 9.17) is 23.1 Å². The molecule has 0 saturated carbocycles. The summed E-state index contributed by atoms with van der Waals surface area (Å²) in [7, 11) is 0. The van der Waals surface area contributed by atoms with E-state index in [1.807, 2.05) is 0 Å². The van der Waals surface area contributed by atoms with Crippen LogP contribution in [0.15, 0.2) is 6.58 Å². The molecule has 1 aromatic rings. The maximum atomic E-state index is 5.63. The Balaban J connectivity index is 3.33. The minimum absolute atomic E-state index is 0.138. The first-order valence-electron chi connectivity index (χ1n) is 3.26. The largest absolute Gasteiger partial charge is 0.382 e. The second-order valence-electron chi connectivity index (χ2n) is 2.41. The van der Waals surface area contributed by atoms with E-state index in [1.165, 1.54) is 0 Å². The van der Waals surface area contributed by atoms with Crippen LogP contribution in [0.1, 0.15) is 12.6 Å². The van der Waals surface area contributed by atoms with Crippen LogP contribution in [0.2, 0.25) is 5.15 Å². The van der Waals surface area contributed by atoms with Crippen molar-refractivity contribution >= 4 is 28.8 Å². The van der Waals surface area contributed by atoms with Gasteiger partial charge in [0.25, 0.3) is 0 Å². The van der Waals surface area contributed by atoms with E-state index in [9.17, 15) is 0 Å². The lowest BCUT2D eigenvalue weighted by Gasteiger charge is -2.04. The van der Waals surface area contributed by atoms with Crippen LogP contribution in [-0.4, -0.2) is 9.97 Å². The molecule has 0 unspecified atom stereocenters. The Kier molecular flexibility index (Phi) is 2.19. The lowest BCUT2D eigenvalue weighted by atomic mass is 10.2. The van der Waals surface area contributed by atoms with Crippen molar-refractivity contribution in [3.8, 4) is 0 Å². The molecule has 12 heavy (non-hydrogen) atoms. The molecule has 0 saturated heterocycles. The van der Waals surface area contributed by atoms with E-state index in [0.29, 0.717) is 11.3 Å². The van der Waals surface area contributed by atoms with Gasteiger partial charge in [0, 0.05) is 0 Å². The number of halogens is 1. The van der Waals surface area contributed by atoms with Crippen molar-refractivity contribution in [2.45, 2.75) is 6.92 Å². The lowest BCUT2D eigenvalue weighted by molar-refractivity contribution is 1.18. The third-order valence-corrected chi connectivity index (χ3v) is 1.59. The topological polar surface area (TPSA) is 77.8 Å². The van der Waals surface area contributed by atoms with Gasteiger partial charge in [0.05, 0.1) is 0 Å². The van der Waals surface area contributed by atoms with Gasteiger partial charge in [-0.05, 0) is 12.5 Å². The van der Waals surface area contributed by atoms with E-state index in [0.717, 1.165) is 0 Å². The van der Waals surface area contributed by atoms with Crippen molar-refractivity contribution in [3.05, 3.63) is 17.4 Å². The van der Waals surface area contributed by atoms with Crippen molar-refractivity contribution in [3.63, 3.8) is 0 Å². The Labute approximate surface area is 75.3 Å². The zero-order chi connectivity index (χ0) is 9.30. The Morgan fingerprint density at radius 1 is 1.33 bits per heavy atom. The van der Waals surface area contributed by atoms with Crippen LogP contribution in [0.3, 0.4) is 0 Å². The predicted molar refractivity (Wildman–Crippen MR) is 50.6 cm³/mol. The Morgan fingerprint density at radius 2 is 1.92 bits per heavy atom. The van der Waals surface area contributed by atoms with Gasteiger partial charge in [-0.3, -0.25) is 0 Å². The highest BCUT2D eigenvalue weighted by Crippen LogP contribution is 2.21. The molecule has 0 atom stereocenters. The summed E-state index contributed by atoms with van der Waals surface area (Å²) in [4.78, 5) is 7.72. The Hall–Kier alpha value is -1.29. The molecule has 0 radical (unpaired) electrons. The minimum Gasteiger partial charge on any atom is -0.382 e. The number of hydrogen-bond donors (Lipinski definition) is 2. The second kappa shape index (κ2) is 2.98. The first-order valence-corrected chi connectivity index (χ1v) is 3.64. The number of nitrogens with two attached hydrogens (primary N) is 2. The number of aromatic nitrogens is 2. The molecule has 1 aromatic heterocycles. The fraction of sp³-hybridized carbons (Fsp3) is 0.143. The molecule has 0 aromatic carbocycles. The van der Waals surface area contributed by atoms with Crippen LogP contribution in [0, 0.1) is 0 Å². The van der Waals surface area contributed by atoms with E-state index < -0.39 is 0 Å². The smallest absolute Gasteiger partial charge is 0.171 e. The summed E-state index contributed by atoms with van der Waals surface area (Å²) in [5.41, 5.74) is 12.1. The average molecular weight is 185 g/mol. The number of allylic oxidation sites excluding steroid dienone is 1. The first kappa shape index (κ1) is 8.80. The number of hydrogen-bond acceptors (Lipinski definition) is 4. The number of rotatable bonds is 1. The Bertz CT molecular complexity index is 334. The third kappa shape index (κ3) is 1.48. The molecule has 0 spiro atoms. The van der Waals surface area contributed by atoms with Gasteiger partial charge in [-0.25, -0.2) is 9.97 Å². The summed E-state index contributed by atoms with van der Waals surface area (Å²) in [6, 6.07) is 0. The molecule has 4 nitrogen and oxygen atoms in total. The molecule has 0 aliphatic carbocycles. The molecule has 0 aliphatic rings. The van der Waals surface area contributed by atoms with Crippen LogP contribution >= 0.6 is 11.6 Å². The summed E-state index contributed by atoms with van der Waals surface area (Å²) < 4.78 is 0. The standard InChI is InChI=1S/C7H9ClN4/c1-3(2)4-6(9)12-7(10)5(8)11-4/h1H2,2H3,(H4,9,10,12). The Morgan fingerprint density at radius 3 is 2.42 bits per heavy atom. The molecule has 1 heterocycles. The molecule has 0 bridgehead atoms. The zero-order valence-corrected chi connectivity index (χ0v) is 7.39. The first-order chi connectivity index (χ1) is 5.52. The van der Waals surface area contributed by atoms with Crippen molar-refractivity contribution in [2.24, 2.45) is 0 Å². The van der Waals surface area contributed by atoms with Gasteiger partial charge in [0.15, 0.2) is 16.8 Å². The predicted octanol–water partition coefficient (Wildman–Crippen LogP) is 1.33. The van der Waals surface area contributed by atoms with Gasteiger partial charge in [0.2, 0.25) is 0 Å². The maximum absolute atomic E-state index is 5.63. The van der Waals surface area contributed by atoms with Gasteiger partial charge < -0.3 is 11.5 Å². The van der Waals surface area contributed by atoms with E-state index in [1.54, 1.807) is 6.92 Å². The molecule has 0 amide bonds. The highest BCUT2D eigenvalue weighted by atomic mass is 35.5. The maximum Gasteiger partial charge on any atom is 0.171 e. The summed E-state index contributed by atoms with van der Waals surface area (Å²) in [5.74, 6) is 0.392. The molecule has 1 rings (SSSR count). The number of nitrogen functional groups attached to an aromatic ring is 2. The average Bonchev–Trinajstić information content (AvgIpc) is 1.96. The van der Waals surface area contributed by atoms with E-state index in [2.05, 4.69) is 16.5 Å². The normalized spacial score (nSPS) is 9.83. The highest BCUT2D eigenvalue weighted by Gasteiger charge is 2.07. The minimum atomic E-state index is 0.138. The molecule has 0 aliphatic heterocycles. The summed E-state index contributed by atoms with van der Waals surface area (Å²) in [5, 5.41) is 0.155.